The summed E-state index contributed by atoms with van der Waals surface area (Å²) in [6, 6.07) is 0. The van der Waals surface area contributed by atoms with E-state index in [4.69, 9.17) is 10.5 Å². The highest BCUT2D eigenvalue weighted by Gasteiger charge is 2.51. The van der Waals surface area contributed by atoms with Gasteiger partial charge in [-0.15, -0.1) is 0 Å². The summed E-state index contributed by atoms with van der Waals surface area (Å²) in [5.41, 5.74) is 0. The first-order chi connectivity index (χ1) is 7.33. The Balaban J connectivity index is 1.96. The smallest absolute Gasteiger partial charge is 0.219 e. The second-order valence-electron chi connectivity index (χ2n) is 2.13. The highest BCUT2D eigenvalue weighted by molar-refractivity contribution is 4.83. The standard InChI is InChI=1S/C3H6O12/c4-8-12-14-10-6-3(1-2-3)7-11-15-13-9-5/h4-5H,1-2H2. The van der Waals surface area contributed by atoms with Crippen molar-refractivity contribution < 1.29 is 60.6 Å². The van der Waals surface area contributed by atoms with Crippen LogP contribution < -0.4 is 0 Å². The predicted molar refractivity (Wildman–Crippen MR) is 28.1 cm³/mol. The van der Waals surface area contributed by atoms with Crippen molar-refractivity contribution in [2.45, 2.75) is 18.6 Å². The normalized spacial score (nSPS) is 18.0. The van der Waals surface area contributed by atoms with Crippen LogP contribution >= 0.6 is 0 Å². The quantitative estimate of drug-likeness (QED) is 0.226. The summed E-state index contributed by atoms with van der Waals surface area (Å²) >= 11 is 0. The van der Waals surface area contributed by atoms with E-state index in [1.807, 2.05) is 0 Å². The minimum atomic E-state index is -1.28. The lowest BCUT2D eigenvalue weighted by molar-refractivity contribution is -0.789. The summed E-state index contributed by atoms with van der Waals surface area (Å²) in [6.07, 6.45) is 0.749. The van der Waals surface area contributed by atoms with E-state index in [-0.39, 0.29) is 0 Å². The largest absolute Gasteiger partial charge is 0.240 e. The molecule has 12 heteroatoms. The molecule has 15 heavy (non-hydrogen) atoms. The predicted octanol–water partition coefficient (Wildman–Crippen LogP) is -0.0915. The van der Waals surface area contributed by atoms with Crippen LogP contribution in [0.4, 0.5) is 0 Å². The van der Waals surface area contributed by atoms with E-state index >= 15 is 0 Å². The summed E-state index contributed by atoms with van der Waals surface area (Å²) < 4.78 is 0. The van der Waals surface area contributed by atoms with Gasteiger partial charge in [0, 0.05) is 12.8 Å². The van der Waals surface area contributed by atoms with Gasteiger partial charge in [-0.1, -0.05) is 0 Å². The highest BCUT2D eigenvalue weighted by atomic mass is 17.8. The fourth-order valence-electron chi connectivity index (χ4n) is 0.482. The second-order valence-corrected chi connectivity index (χ2v) is 2.13. The van der Waals surface area contributed by atoms with Crippen molar-refractivity contribution >= 4 is 0 Å². The van der Waals surface area contributed by atoms with E-state index < -0.39 is 5.79 Å². The second kappa shape index (κ2) is 6.90. The van der Waals surface area contributed by atoms with Gasteiger partial charge in [0.15, 0.2) is 0 Å². The summed E-state index contributed by atoms with van der Waals surface area (Å²) in [5.74, 6) is -1.28. The third-order valence-electron chi connectivity index (χ3n) is 1.20. The third-order valence-corrected chi connectivity index (χ3v) is 1.20. The molecule has 0 aromatic heterocycles. The molecule has 0 atom stereocenters. The van der Waals surface area contributed by atoms with E-state index in [9.17, 15) is 0 Å². The maximum atomic E-state index is 7.60. The average molecular weight is 234 g/mol. The fourth-order valence-corrected chi connectivity index (χ4v) is 0.482. The average Bonchev–Trinajstić information content (AvgIpc) is 3.01. The molecule has 1 aliphatic rings. The molecule has 12 nitrogen and oxygen atoms in total. The summed E-state index contributed by atoms with van der Waals surface area (Å²) in [5, 5.41) is 43.0. The molecule has 0 unspecified atom stereocenters. The molecule has 0 bridgehead atoms. The molecule has 0 saturated heterocycles. The van der Waals surface area contributed by atoms with Crippen LogP contribution in [0, 0.1) is 0 Å². The molecule has 0 heterocycles. The van der Waals surface area contributed by atoms with Crippen LogP contribution in [-0.2, 0) is 50.1 Å². The summed E-state index contributed by atoms with van der Waals surface area (Å²) in [7, 11) is 0. The van der Waals surface area contributed by atoms with Gasteiger partial charge in [0.2, 0.25) is 5.79 Å². The Kier molecular flexibility index (Phi) is 5.79. The molecule has 1 rings (SSSR count). The van der Waals surface area contributed by atoms with Crippen molar-refractivity contribution in [2.75, 3.05) is 0 Å². The maximum Gasteiger partial charge on any atom is 0.240 e. The van der Waals surface area contributed by atoms with Gasteiger partial charge in [-0.2, -0.15) is 9.78 Å². The lowest BCUT2D eigenvalue weighted by atomic mass is 10.7. The first kappa shape index (κ1) is 12.6. The van der Waals surface area contributed by atoms with Crippen LogP contribution in [0.15, 0.2) is 0 Å². The van der Waals surface area contributed by atoms with Gasteiger partial charge < -0.3 is 0 Å². The minimum Gasteiger partial charge on any atom is -0.219 e. The molecule has 0 spiro atoms. The lowest BCUT2D eigenvalue weighted by Gasteiger charge is -2.09. The minimum absolute atomic E-state index is 0.375. The van der Waals surface area contributed by atoms with Crippen molar-refractivity contribution in [1.82, 2.24) is 0 Å². The molecule has 1 aliphatic carbocycles. The third kappa shape index (κ3) is 5.23. The van der Waals surface area contributed by atoms with Crippen LogP contribution in [0.2, 0.25) is 0 Å². The van der Waals surface area contributed by atoms with E-state index in [1.165, 1.54) is 0 Å². The van der Waals surface area contributed by atoms with Gasteiger partial charge in [-0.3, -0.25) is 0 Å². The topological polar surface area (TPSA) is 133 Å². The first-order valence-electron chi connectivity index (χ1n) is 3.31. The van der Waals surface area contributed by atoms with Gasteiger partial charge in [-0.05, 0) is 40.3 Å². The molecule has 0 aromatic rings. The number of hydrogen-bond donors (Lipinski definition) is 2. The summed E-state index contributed by atoms with van der Waals surface area (Å²) in [4.78, 5) is 8.80. The Labute approximate surface area is 80.5 Å². The van der Waals surface area contributed by atoms with Crippen LogP contribution in [0.1, 0.15) is 12.8 Å². The molecule has 0 radical (unpaired) electrons. The molecule has 0 amide bonds. The van der Waals surface area contributed by atoms with Gasteiger partial charge in [0.25, 0.3) is 0 Å². The number of rotatable bonds is 10. The Morgan fingerprint density at radius 3 is 1.47 bits per heavy atom. The zero-order valence-electron chi connectivity index (χ0n) is 6.89. The summed E-state index contributed by atoms with van der Waals surface area (Å²) in [6.45, 7) is 0. The van der Waals surface area contributed by atoms with Crippen LogP contribution in [0.5, 0.6) is 0 Å². The Morgan fingerprint density at radius 1 is 0.667 bits per heavy atom. The molecular formula is C3H6O12. The zero-order valence-corrected chi connectivity index (χ0v) is 6.89. The molecular weight excluding hydrogens is 228 g/mol. The Hall–Kier alpha value is -0.480. The lowest BCUT2D eigenvalue weighted by Crippen LogP contribution is -2.20. The van der Waals surface area contributed by atoms with Crippen molar-refractivity contribution in [3.05, 3.63) is 0 Å². The van der Waals surface area contributed by atoms with E-state index in [0.717, 1.165) is 0 Å². The van der Waals surface area contributed by atoms with Crippen LogP contribution in [0.25, 0.3) is 0 Å². The molecule has 1 fully saturated rings. The number of hydrogen-bond acceptors (Lipinski definition) is 12. The highest BCUT2D eigenvalue weighted by Crippen LogP contribution is 2.41. The molecule has 1 saturated carbocycles. The maximum absolute atomic E-state index is 7.60. The van der Waals surface area contributed by atoms with Crippen molar-refractivity contribution in [3.8, 4) is 0 Å². The first-order valence-corrected chi connectivity index (χ1v) is 3.31. The van der Waals surface area contributed by atoms with Gasteiger partial charge in [0.05, 0.1) is 0 Å². The van der Waals surface area contributed by atoms with Crippen LogP contribution in [-0.4, -0.2) is 16.3 Å². The van der Waals surface area contributed by atoms with Crippen molar-refractivity contribution in [1.29, 1.82) is 0 Å². The SMILES string of the molecule is OOOOOOC1(OOOOOO)CC1. The van der Waals surface area contributed by atoms with Crippen molar-refractivity contribution in [3.63, 3.8) is 0 Å². The molecule has 0 aliphatic heterocycles. The van der Waals surface area contributed by atoms with E-state index in [2.05, 4.69) is 50.1 Å². The van der Waals surface area contributed by atoms with Gasteiger partial charge in [-0.25, -0.2) is 10.5 Å². The monoisotopic (exact) mass is 234 g/mol. The van der Waals surface area contributed by atoms with E-state index in [0.29, 0.717) is 12.8 Å². The van der Waals surface area contributed by atoms with Crippen molar-refractivity contribution in [2.24, 2.45) is 0 Å². The molecule has 2 N–H and O–H groups in total. The van der Waals surface area contributed by atoms with E-state index in [1.54, 1.807) is 0 Å². The molecule has 90 valence electrons. The van der Waals surface area contributed by atoms with Gasteiger partial charge >= 0.3 is 0 Å². The van der Waals surface area contributed by atoms with Gasteiger partial charge in [0.1, 0.15) is 0 Å². The fraction of sp³-hybridized carbons (Fsp3) is 1.00. The zero-order chi connectivity index (χ0) is 11.0. The Morgan fingerprint density at radius 2 is 1.13 bits per heavy atom. The molecule has 0 aromatic carbocycles. The Bertz CT molecular complexity index is 141. The van der Waals surface area contributed by atoms with Crippen LogP contribution in [0.3, 0.4) is 0 Å².